The number of nitrogens with zero attached hydrogens (tertiary/aromatic N) is 2. The van der Waals surface area contributed by atoms with Gasteiger partial charge in [0.25, 0.3) is 5.91 Å². The van der Waals surface area contributed by atoms with E-state index < -0.39 is 0 Å². The number of carbonyl (C=O) groups excluding carboxylic acids is 1. The number of ether oxygens (including phenoxy) is 2. The molecular formula is C16H10BrN3O4. The van der Waals surface area contributed by atoms with Gasteiger partial charge in [0, 0.05) is 15.6 Å². The molecule has 0 atom stereocenters. The second kappa shape index (κ2) is 5.97. The molecule has 8 heteroatoms. The topological polar surface area (TPSA) is 86.5 Å². The van der Waals surface area contributed by atoms with Crippen molar-refractivity contribution in [2.45, 2.75) is 0 Å². The molecule has 1 N–H and O–H groups in total. The van der Waals surface area contributed by atoms with Gasteiger partial charge in [0.05, 0.1) is 0 Å². The van der Waals surface area contributed by atoms with E-state index in [4.69, 9.17) is 13.9 Å². The van der Waals surface area contributed by atoms with Gasteiger partial charge in [0.2, 0.25) is 12.7 Å². The zero-order chi connectivity index (χ0) is 16.5. The van der Waals surface area contributed by atoms with Gasteiger partial charge in [-0.3, -0.25) is 10.1 Å². The normalized spacial score (nSPS) is 12.2. The molecule has 0 saturated heterocycles. The Labute approximate surface area is 144 Å². The molecule has 0 radical (unpaired) electrons. The fraction of sp³-hybridized carbons (Fsp3) is 0.0625. The van der Waals surface area contributed by atoms with Crippen molar-refractivity contribution in [1.82, 2.24) is 10.2 Å². The molecule has 1 amide bonds. The summed E-state index contributed by atoms with van der Waals surface area (Å²) >= 11 is 3.32. The van der Waals surface area contributed by atoms with Crippen LogP contribution < -0.4 is 14.8 Å². The van der Waals surface area contributed by atoms with Crippen LogP contribution in [0.4, 0.5) is 6.01 Å². The molecule has 0 spiro atoms. The highest BCUT2D eigenvalue weighted by Gasteiger charge is 2.17. The van der Waals surface area contributed by atoms with Gasteiger partial charge in [-0.05, 0) is 42.5 Å². The molecule has 0 aliphatic carbocycles. The molecule has 1 aliphatic rings. The molecule has 120 valence electrons. The second-order valence-electron chi connectivity index (χ2n) is 4.94. The standard InChI is InChI=1S/C16H10BrN3O4/c17-11-4-1-9(2-5-11)14(21)18-16-20-19-15(24-16)10-3-6-12-13(7-10)23-8-22-12/h1-7H,8H2,(H,18,20,21). The van der Waals surface area contributed by atoms with Crippen molar-refractivity contribution in [1.29, 1.82) is 0 Å². The van der Waals surface area contributed by atoms with Crippen LogP contribution in [0, 0.1) is 0 Å². The molecule has 0 saturated carbocycles. The third-order valence-electron chi connectivity index (χ3n) is 3.37. The number of hydrogen-bond donors (Lipinski definition) is 1. The van der Waals surface area contributed by atoms with Crippen LogP contribution >= 0.6 is 15.9 Å². The first-order chi connectivity index (χ1) is 11.7. The Hall–Kier alpha value is -2.87. The van der Waals surface area contributed by atoms with Crippen LogP contribution in [0.15, 0.2) is 51.4 Å². The number of carbonyl (C=O) groups is 1. The van der Waals surface area contributed by atoms with Crippen LogP contribution in [0.5, 0.6) is 11.5 Å². The van der Waals surface area contributed by atoms with E-state index in [1.54, 1.807) is 42.5 Å². The highest BCUT2D eigenvalue weighted by molar-refractivity contribution is 9.10. The number of rotatable bonds is 3. The van der Waals surface area contributed by atoms with Crippen molar-refractivity contribution in [3.8, 4) is 23.0 Å². The predicted molar refractivity (Wildman–Crippen MR) is 88.0 cm³/mol. The second-order valence-corrected chi connectivity index (χ2v) is 5.86. The summed E-state index contributed by atoms with van der Waals surface area (Å²) in [4.78, 5) is 12.1. The van der Waals surface area contributed by atoms with Crippen molar-refractivity contribution in [3.05, 3.63) is 52.5 Å². The first kappa shape index (κ1) is 14.7. The Morgan fingerprint density at radius 3 is 2.67 bits per heavy atom. The summed E-state index contributed by atoms with van der Waals surface area (Å²) in [6.45, 7) is 0.192. The maximum atomic E-state index is 12.1. The van der Waals surface area contributed by atoms with Gasteiger partial charge in [-0.1, -0.05) is 21.0 Å². The highest BCUT2D eigenvalue weighted by Crippen LogP contribution is 2.35. The first-order valence-corrected chi connectivity index (χ1v) is 7.79. The molecule has 0 unspecified atom stereocenters. The van der Waals surface area contributed by atoms with E-state index in [0.717, 1.165) is 4.47 Å². The molecule has 0 bridgehead atoms. The number of anilines is 1. The van der Waals surface area contributed by atoms with E-state index in [-0.39, 0.29) is 24.6 Å². The van der Waals surface area contributed by atoms with Crippen molar-refractivity contribution in [3.63, 3.8) is 0 Å². The summed E-state index contributed by atoms with van der Waals surface area (Å²) in [6, 6.07) is 12.2. The number of benzene rings is 2. The number of nitrogens with one attached hydrogen (secondary N) is 1. The average Bonchev–Trinajstić information content (AvgIpc) is 3.23. The molecule has 7 nitrogen and oxygen atoms in total. The Morgan fingerprint density at radius 1 is 1.04 bits per heavy atom. The molecular weight excluding hydrogens is 378 g/mol. The summed E-state index contributed by atoms with van der Waals surface area (Å²) in [6.07, 6.45) is 0. The third kappa shape index (κ3) is 2.83. The van der Waals surface area contributed by atoms with Crippen molar-refractivity contribution in [2.75, 3.05) is 12.1 Å². The first-order valence-electron chi connectivity index (χ1n) is 6.99. The molecule has 3 aromatic rings. The lowest BCUT2D eigenvalue weighted by molar-refractivity contribution is 0.102. The minimum absolute atomic E-state index is 0.0237. The summed E-state index contributed by atoms with van der Waals surface area (Å²) in [5.41, 5.74) is 1.16. The molecule has 1 aliphatic heterocycles. The Bertz CT molecular complexity index is 908. The number of fused-ring (bicyclic) bond motifs is 1. The van der Waals surface area contributed by atoms with E-state index >= 15 is 0 Å². The van der Waals surface area contributed by atoms with Gasteiger partial charge in [0.1, 0.15) is 0 Å². The van der Waals surface area contributed by atoms with Gasteiger partial charge in [-0.2, -0.15) is 0 Å². The number of halogens is 1. The fourth-order valence-electron chi connectivity index (χ4n) is 2.19. The van der Waals surface area contributed by atoms with Gasteiger partial charge < -0.3 is 13.9 Å². The summed E-state index contributed by atoms with van der Waals surface area (Å²) in [5, 5.41) is 10.3. The maximum Gasteiger partial charge on any atom is 0.322 e. The molecule has 4 rings (SSSR count). The number of hydrogen-bond acceptors (Lipinski definition) is 6. The van der Waals surface area contributed by atoms with E-state index in [9.17, 15) is 4.79 Å². The third-order valence-corrected chi connectivity index (χ3v) is 3.90. The van der Waals surface area contributed by atoms with Crippen LogP contribution in [-0.2, 0) is 0 Å². The molecule has 2 heterocycles. The quantitative estimate of drug-likeness (QED) is 0.740. The van der Waals surface area contributed by atoms with Crippen LogP contribution in [0.3, 0.4) is 0 Å². The maximum absolute atomic E-state index is 12.1. The summed E-state index contributed by atoms with van der Waals surface area (Å²) < 4.78 is 16.9. The van der Waals surface area contributed by atoms with Gasteiger partial charge in [0.15, 0.2) is 11.5 Å². The SMILES string of the molecule is O=C(Nc1nnc(-c2ccc3c(c2)OCO3)o1)c1ccc(Br)cc1. The zero-order valence-electron chi connectivity index (χ0n) is 12.2. The van der Waals surface area contributed by atoms with E-state index in [2.05, 4.69) is 31.4 Å². The zero-order valence-corrected chi connectivity index (χ0v) is 13.7. The van der Waals surface area contributed by atoms with Gasteiger partial charge in [-0.25, -0.2) is 0 Å². The van der Waals surface area contributed by atoms with Gasteiger partial charge in [-0.15, -0.1) is 5.10 Å². The highest BCUT2D eigenvalue weighted by atomic mass is 79.9. The smallest absolute Gasteiger partial charge is 0.322 e. The average molecular weight is 388 g/mol. The molecule has 2 aromatic carbocycles. The van der Waals surface area contributed by atoms with Gasteiger partial charge >= 0.3 is 6.01 Å². The Kier molecular flexibility index (Phi) is 3.66. The predicted octanol–water partition coefficient (Wildman–Crippen LogP) is 3.48. The van der Waals surface area contributed by atoms with Crippen molar-refractivity contribution < 1.29 is 18.7 Å². The minimum atomic E-state index is -0.330. The number of aromatic nitrogens is 2. The lowest BCUT2D eigenvalue weighted by Gasteiger charge is -2.00. The largest absolute Gasteiger partial charge is 0.454 e. The van der Waals surface area contributed by atoms with Crippen LogP contribution in [0.1, 0.15) is 10.4 Å². The minimum Gasteiger partial charge on any atom is -0.454 e. The molecule has 24 heavy (non-hydrogen) atoms. The summed E-state index contributed by atoms with van der Waals surface area (Å²) in [5.74, 6) is 1.23. The monoisotopic (exact) mass is 387 g/mol. The van der Waals surface area contributed by atoms with Crippen molar-refractivity contribution in [2.24, 2.45) is 0 Å². The van der Waals surface area contributed by atoms with Crippen LogP contribution in [-0.4, -0.2) is 22.9 Å². The van der Waals surface area contributed by atoms with E-state index in [1.807, 2.05) is 0 Å². The van der Waals surface area contributed by atoms with Crippen molar-refractivity contribution >= 4 is 27.9 Å². The Morgan fingerprint density at radius 2 is 1.83 bits per heavy atom. The lowest BCUT2D eigenvalue weighted by atomic mass is 10.2. The molecule has 1 aromatic heterocycles. The van der Waals surface area contributed by atoms with E-state index in [0.29, 0.717) is 22.6 Å². The van der Waals surface area contributed by atoms with E-state index in [1.165, 1.54) is 0 Å². The fourth-order valence-corrected chi connectivity index (χ4v) is 2.45. The lowest BCUT2D eigenvalue weighted by Crippen LogP contribution is -2.11. The number of amides is 1. The van der Waals surface area contributed by atoms with Crippen LogP contribution in [0.25, 0.3) is 11.5 Å². The summed E-state index contributed by atoms with van der Waals surface area (Å²) in [7, 11) is 0. The Balaban J connectivity index is 1.52. The molecule has 0 fully saturated rings. The van der Waals surface area contributed by atoms with Crippen LogP contribution in [0.2, 0.25) is 0 Å².